The van der Waals surface area contributed by atoms with Gasteiger partial charge < -0.3 is 10.5 Å². The number of hydrogen-bond acceptors (Lipinski definition) is 4. The summed E-state index contributed by atoms with van der Waals surface area (Å²) in [6, 6.07) is 0.357. The standard InChI is InChI=1S/C14H30N2O2/c1-6-18-13(17)10-16(12(2)3)9-7-8-14(4,5)11-15/h12H,6-11,15H2,1-5H3. The highest BCUT2D eigenvalue weighted by molar-refractivity contribution is 5.71. The van der Waals surface area contributed by atoms with E-state index in [4.69, 9.17) is 10.5 Å². The highest BCUT2D eigenvalue weighted by atomic mass is 16.5. The average Bonchev–Trinajstić information content (AvgIpc) is 2.27. The molecule has 4 nitrogen and oxygen atoms in total. The lowest BCUT2D eigenvalue weighted by Crippen LogP contribution is -2.37. The number of hydrogen-bond donors (Lipinski definition) is 1. The van der Waals surface area contributed by atoms with E-state index in [9.17, 15) is 4.79 Å². The first-order valence-electron chi connectivity index (χ1n) is 6.92. The second-order valence-electron chi connectivity index (χ2n) is 5.84. The zero-order chi connectivity index (χ0) is 14.2. The third kappa shape index (κ3) is 7.67. The van der Waals surface area contributed by atoms with E-state index in [1.807, 2.05) is 6.92 Å². The second kappa shape index (κ2) is 8.48. The summed E-state index contributed by atoms with van der Waals surface area (Å²) in [5.41, 5.74) is 5.90. The fourth-order valence-electron chi connectivity index (χ4n) is 1.76. The van der Waals surface area contributed by atoms with E-state index in [0.717, 1.165) is 19.4 Å². The first-order chi connectivity index (χ1) is 8.32. The van der Waals surface area contributed by atoms with E-state index in [-0.39, 0.29) is 11.4 Å². The Bertz CT molecular complexity index is 240. The number of carbonyl (C=O) groups is 1. The van der Waals surface area contributed by atoms with Crippen LogP contribution >= 0.6 is 0 Å². The van der Waals surface area contributed by atoms with E-state index in [1.54, 1.807) is 0 Å². The number of esters is 1. The predicted octanol–water partition coefficient (Wildman–Crippen LogP) is 2.02. The number of nitrogens with zero attached hydrogens (tertiary/aromatic N) is 1. The largest absolute Gasteiger partial charge is 0.465 e. The second-order valence-corrected chi connectivity index (χ2v) is 5.84. The van der Waals surface area contributed by atoms with Gasteiger partial charge in [-0.3, -0.25) is 9.69 Å². The molecular formula is C14H30N2O2. The third-order valence-electron chi connectivity index (χ3n) is 3.22. The molecule has 108 valence electrons. The molecule has 0 heterocycles. The first kappa shape index (κ1) is 17.4. The summed E-state index contributed by atoms with van der Waals surface area (Å²) in [6.45, 7) is 12.9. The van der Waals surface area contributed by atoms with E-state index in [0.29, 0.717) is 25.7 Å². The molecule has 0 atom stereocenters. The molecule has 0 amide bonds. The van der Waals surface area contributed by atoms with Gasteiger partial charge in [0.05, 0.1) is 13.2 Å². The summed E-state index contributed by atoms with van der Waals surface area (Å²) in [7, 11) is 0. The van der Waals surface area contributed by atoms with Gasteiger partial charge in [0, 0.05) is 6.04 Å². The smallest absolute Gasteiger partial charge is 0.320 e. The van der Waals surface area contributed by atoms with Gasteiger partial charge in [0.2, 0.25) is 0 Å². The molecule has 0 bridgehead atoms. The van der Waals surface area contributed by atoms with Gasteiger partial charge in [-0.1, -0.05) is 13.8 Å². The molecule has 0 aromatic rings. The summed E-state index contributed by atoms with van der Waals surface area (Å²) >= 11 is 0. The molecule has 0 rings (SSSR count). The zero-order valence-electron chi connectivity index (χ0n) is 12.7. The van der Waals surface area contributed by atoms with Crippen LogP contribution in [0.5, 0.6) is 0 Å². The molecule has 2 N–H and O–H groups in total. The molecule has 4 heteroatoms. The van der Waals surface area contributed by atoms with Crippen molar-refractivity contribution in [2.75, 3.05) is 26.2 Å². The molecule has 18 heavy (non-hydrogen) atoms. The maximum Gasteiger partial charge on any atom is 0.320 e. The van der Waals surface area contributed by atoms with Crippen molar-refractivity contribution in [3.05, 3.63) is 0 Å². The van der Waals surface area contributed by atoms with Gasteiger partial charge >= 0.3 is 5.97 Å². The highest BCUT2D eigenvalue weighted by Gasteiger charge is 2.18. The topological polar surface area (TPSA) is 55.6 Å². The van der Waals surface area contributed by atoms with E-state index >= 15 is 0 Å². The fraction of sp³-hybridized carbons (Fsp3) is 0.929. The summed E-state index contributed by atoms with van der Waals surface area (Å²) in [5, 5.41) is 0. The molecule has 0 aliphatic carbocycles. The molecule has 0 spiro atoms. The van der Waals surface area contributed by atoms with Gasteiger partial charge in [-0.05, 0) is 52.1 Å². The normalized spacial score (nSPS) is 12.2. The van der Waals surface area contributed by atoms with Crippen molar-refractivity contribution < 1.29 is 9.53 Å². The van der Waals surface area contributed by atoms with Crippen molar-refractivity contribution in [2.45, 2.75) is 53.5 Å². The molecule has 0 fully saturated rings. The average molecular weight is 258 g/mol. The lowest BCUT2D eigenvalue weighted by molar-refractivity contribution is -0.144. The number of rotatable bonds is 9. The van der Waals surface area contributed by atoms with Crippen LogP contribution in [0, 0.1) is 5.41 Å². The SMILES string of the molecule is CCOC(=O)CN(CCCC(C)(C)CN)C(C)C. The van der Waals surface area contributed by atoms with Crippen LogP contribution in [0.3, 0.4) is 0 Å². The molecular weight excluding hydrogens is 228 g/mol. The maximum absolute atomic E-state index is 11.5. The lowest BCUT2D eigenvalue weighted by Gasteiger charge is -2.28. The Morgan fingerprint density at radius 1 is 1.39 bits per heavy atom. The van der Waals surface area contributed by atoms with Crippen LogP contribution in [0.2, 0.25) is 0 Å². The molecule has 0 aliphatic heterocycles. The molecule has 0 saturated heterocycles. The van der Waals surface area contributed by atoms with Crippen molar-refractivity contribution in [1.82, 2.24) is 4.90 Å². The summed E-state index contributed by atoms with van der Waals surface area (Å²) in [4.78, 5) is 13.6. The van der Waals surface area contributed by atoms with Crippen LogP contribution in [0.4, 0.5) is 0 Å². The van der Waals surface area contributed by atoms with Gasteiger partial charge in [-0.2, -0.15) is 0 Å². The number of ether oxygens (including phenoxy) is 1. The molecule has 0 unspecified atom stereocenters. The molecule has 0 aromatic heterocycles. The summed E-state index contributed by atoms with van der Waals surface area (Å²) in [6.07, 6.45) is 2.14. The highest BCUT2D eigenvalue weighted by Crippen LogP contribution is 2.20. The minimum atomic E-state index is -0.135. The third-order valence-corrected chi connectivity index (χ3v) is 3.22. The van der Waals surface area contributed by atoms with Crippen LogP contribution in [-0.2, 0) is 9.53 Å². The predicted molar refractivity (Wildman–Crippen MR) is 75.4 cm³/mol. The molecule has 0 saturated carbocycles. The Labute approximate surface area is 112 Å². The zero-order valence-corrected chi connectivity index (χ0v) is 12.7. The Morgan fingerprint density at radius 2 is 2.00 bits per heavy atom. The first-order valence-corrected chi connectivity index (χ1v) is 6.92. The summed E-state index contributed by atoms with van der Waals surface area (Å²) < 4.78 is 4.99. The monoisotopic (exact) mass is 258 g/mol. The Morgan fingerprint density at radius 3 is 2.44 bits per heavy atom. The molecule has 0 radical (unpaired) electrons. The molecule has 0 aromatic carbocycles. The van der Waals surface area contributed by atoms with Crippen molar-refractivity contribution >= 4 is 5.97 Å². The van der Waals surface area contributed by atoms with Crippen LogP contribution in [0.1, 0.15) is 47.5 Å². The van der Waals surface area contributed by atoms with Crippen molar-refractivity contribution in [3.8, 4) is 0 Å². The van der Waals surface area contributed by atoms with Gasteiger partial charge in [-0.25, -0.2) is 0 Å². The van der Waals surface area contributed by atoms with Gasteiger partial charge in [0.1, 0.15) is 0 Å². The maximum atomic E-state index is 11.5. The van der Waals surface area contributed by atoms with Gasteiger partial charge in [0.25, 0.3) is 0 Å². The minimum absolute atomic E-state index is 0.135. The van der Waals surface area contributed by atoms with Crippen molar-refractivity contribution in [1.29, 1.82) is 0 Å². The van der Waals surface area contributed by atoms with Crippen LogP contribution in [-0.4, -0.2) is 43.2 Å². The lowest BCUT2D eigenvalue weighted by atomic mass is 9.88. The van der Waals surface area contributed by atoms with Crippen LogP contribution in [0.25, 0.3) is 0 Å². The van der Waals surface area contributed by atoms with Crippen LogP contribution < -0.4 is 5.73 Å². The van der Waals surface area contributed by atoms with E-state index in [1.165, 1.54) is 0 Å². The molecule has 0 aliphatic rings. The quantitative estimate of drug-likeness (QED) is 0.643. The number of carbonyl (C=O) groups excluding carboxylic acids is 1. The minimum Gasteiger partial charge on any atom is -0.465 e. The van der Waals surface area contributed by atoms with Crippen molar-refractivity contribution in [2.24, 2.45) is 11.1 Å². The summed E-state index contributed by atoms with van der Waals surface area (Å²) in [5.74, 6) is -0.135. The Kier molecular flexibility index (Phi) is 8.20. The van der Waals surface area contributed by atoms with Gasteiger partial charge in [0.15, 0.2) is 0 Å². The fourth-order valence-corrected chi connectivity index (χ4v) is 1.76. The van der Waals surface area contributed by atoms with Crippen molar-refractivity contribution in [3.63, 3.8) is 0 Å². The Hall–Kier alpha value is -0.610. The van der Waals surface area contributed by atoms with Gasteiger partial charge in [-0.15, -0.1) is 0 Å². The Balaban J connectivity index is 4.09. The van der Waals surface area contributed by atoms with E-state index < -0.39 is 0 Å². The van der Waals surface area contributed by atoms with E-state index in [2.05, 4.69) is 32.6 Å². The van der Waals surface area contributed by atoms with Crippen LogP contribution in [0.15, 0.2) is 0 Å². The number of nitrogens with two attached hydrogens (primary N) is 1.